The minimum Gasteiger partial charge on any atom is -0.496 e. The van der Waals surface area contributed by atoms with Crippen LogP contribution in [0.4, 0.5) is 5.69 Å². The quantitative estimate of drug-likeness (QED) is 0.691. The Morgan fingerprint density at radius 2 is 1.78 bits per heavy atom. The van der Waals surface area contributed by atoms with Gasteiger partial charge in [0.15, 0.2) is 0 Å². The van der Waals surface area contributed by atoms with Gasteiger partial charge in [-0.05, 0) is 17.7 Å². The summed E-state index contributed by atoms with van der Waals surface area (Å²) >= 11 is 0. The van der Waals surface area contributed by atoms with E-state index in [1.165, 1.54) is 14.2 Å². The van der Waals surface area contributed by atoms with Crippen molar-refractivity contribution < 1.29 is 14.4 Å². The van der Waals surface area contributed by atoms with Crippen molar-refractivity contribution in [3.05, 3.63) is 75.5 Å². The molecule has 1 heterocycles. The van der Waals surface area contributed by atoms with E-state index in [4.69, 9.17) is 9.47 Å². The number of hydrogen-bond acceptors (Lipinski definition) is 5. The van der Waals surface area contributed by atoms with Gasteiger partial charge in [0.2, 0.25) is 5.76 Å². The molecule has 0 spiro atoms. The molecule has 3 rings (SSSR count). The Kier molecular flexibility index (Phi) is 3.89. The summed E-state index contributed by atoms with van der Waals surface area (Å²) in [6, 6.07) is 14.1. The van der Waals surface area contributed by atoms with Crippen molar-refractivity contribution >= 4 is 11.4 Å². The van der Waals surface area contributed by atoms with E-state index < -0.39 is 11.0 Å². The van der Waals surface area contributed by atoms with Crippen LogP contribution < -0.4 is 10.1 Å². The van der Waals surface area contributed by atoms with Gasteiger partial charge in [-0.25, -0.2) is 0 Å². The molecule has 6 nitrogen and oxygen atoms in total. The molecule has 23 heavy (non-hydrogen) atoms. The Balaban J connectivity index is 2.26. The Hall–Kier alpha value is -3.02. The lowest BCUT2D eigenvalue weighted by Gasteiger charge is -2.27. The SMILES string of the molecule is COC1=C([N+](=O)[O-])[C@H](c2ccccc2)Nc2cccc(OC)c21. The molecular formula is C17H16N2O4. The summed E-state index contributed by atoms with van der Waals surface area (Å²) in [7, 11) is 2.96. The molecule has 0 radical (unpaired) electrons. The van der Waals surface area contributed by atoms with Crippen molar-refractivity contribution in [1.82, 2.24) is 0 Å². The molecule has 1 N–H and O–H groups in total. The number of fused-ring (bicyclic) bond motifs is 1. The molecule has 0 aliphatic carbocycles. The average molecular weight is 312 g/mol. The van der Waals surface area contributed by atoms with Gasteiger partial charge in [0.1, 0.15) is 11.8 Å². The number of methoxy groups -OCH3 is 2. The van der Waals surface area contributed by atoms with Crippen LogP contribution in [0.3, 0.4) is 0 Å². The van der Waals surface area contributed by atoms with Gasteiger partial charge >= 0.3 is 5.70 Å². The molecule has 0 unspecified atom stereocenters. The van der Waals surface area contributed by atoms with E-state index in [1.54, 1.807) is 6.07 Å². The van der Waals surface area contributed by atoms with E-state index >= 15 is 0 Å². The van der Waals surface area contributed by atoms with Crippen LogP contribution in [0, 0.1) is 10.1 Å². The third-order valence-electron chi connectivity index (χ3n) is 3.81. The van der Waals surface area contributed by atoms with Crippen LogP contribution in [0.15, 0.2) is 54.2 Å². The van der Waals surface area contributed by atoms with Crippen LogP contribution in [-0.2, 0) is 4.74 Å². The standard InChI is InChI=1S/C17H16N2O4/c1-22-13-10-6-9-12-14(13)17(23-2)16(19(20)21)15(18-12)11-7-4-3-5-8-11/h3-10,15,18H,1-2H3/t15-/m0/s1. The number of benzene rings is 2. The minimum atomic E-state index is -0.597. The number of nitrogens with zero attached hydrogens (tertiary/aromatic N) is 1. The lowest BCUT2D eigenvalue weighted by Crippen LogP contribution is -2.25. The van der Waals surface area contributed by atoms with Gasteiger partial charge in [-0.1, -0.05) is 36.4 Å². The second-order valence-electron chi connectivity index (χ2n) is 5.05. The van der Waals surface area contributed by atoms with E-state index in [9.17, 15) is 10.1 Å². The van der Waals surface area contributed by atoms with Gasteiger partial charge in [-0.3, -0.25) is 10.1 Å². The van der Waals surface area contributed by atoms with Gasteiger partial charge < -0.3 is 14.8 Å². The second kappa shape index (κ2) is 6.00. The lowest BCUT2D eigenvalue weighted by molar-refractivity contribution is -0.429. The maximum atomic E-state index is 11.7. The van der Waals surface area contributed by atoms with E-state index in [1.807, 2.05) is 42.5 Å². The summed E-state index contributed by atoms with van der Waals surface area (Å²) in [5.74, 6) is 0.743. The molecule has 118 valence electrons. The first-order chi connectivity index (χ1) is 11.2. The van der Waals surface area contributed by atoms with E-state index in [-0.39, 0.29) is 11.5 Å². The van der Waals surface area contributed by atoms with Crippen LogP contribution in [0.25, 0.3) is 5.76 Å². The fourth-order valence-electron chi connectivity index (χ4n) is 2.82. The van der Waals surface area contributed by atoms with Crippen molar-refractivity contribution in [2.45, 2.75) is 6.04 Å². The largest absolute Gasteiger partial charge is 0.496 e. The molecule has 0 aromatic heterocycles. The third-order valence-corrected chi connectivity index (χ3v) is 3.81. The van der Waals surface area contributed by atoms with Crippen LogP contribution >= 0.6 is 0 Å². The summed E-state index contributed by atoms with van der Waals surface area (Å²) in [5.41, 5.74) is 2.06. The highest BCUT2D eigenvalue weighted by molar-refractivity contribution is 5.82. The number of ether oxygens (including phenoxy) is 2. The minimum absolute atomic E-state index is 0.0318. The molecule has 2 aromatic carbocycles. The van der Waals surface area contributed by atoms with Crippen LogP contribution in [0.1, 0.15) is 17.2 Å². The van der Waals surface area contributed by atoms with Gasteiger partial charge in [-0.15, -0.1) is 0 Å². The molecule has 0 fully saturated rings. The monoisotopic (exact) mass is 312 g/mol. The van der Waals surface area contributed by atoms with Crippen LogP contribution in [0.5, 0.6) is 5.75 Å². The van der Waals surface area contributed by atoms with Crippen molar-refractivity contribution in [3.8, 4) is 5.75 Å². The van der Waals surface area contributed by atoms with Gasteiger partial charge in [0, 0.05) is 0 Å². The first kappa shape index (κ1) is 14.9. The van der Waals surface area contributed by atoms with E-state index in [2.05, 4.69) is 5.32 Å². The number of anilines is 1. The lowest BCUT2D eigenvalue weighted by atomic mass is 9.95. The predicted molar refractivity (Wildman–Crippen MR) is 86.7 cm³/mol. The summed E-state index contributed by atoms with van der Waals surface area (Å²) in [6.45, 7) is 0. The first-order valence-electron chi connectivity index (χ1n) is 7.08. The summed E-state index contributed by atoms with van der Waals surface area (Å²) in [5, 5.41) is 14.9. The van der Waals surface area contributed by atoms with Gasteiger partial charge in [-0.2, -0.15) is 0 Å². The van der Waals surface area contributed by atoms with Crippen molar-refractivity contribution in [3.63, 3.8) is 0 Å². The molecule has 0 saturated heterocycles. The molecule has 0 bridgehead atoms. The average Bonchev–Trinajstić information content (AvgIpc) is 2.59. The summed E-state index contributed by atoms with van der Waals surface area (Å²) in [4.78, 5) is 11.3. The molecule has 1 atom stereocenters. The van der Waals surface area contributed by atoms with Gasteiger partial charge in [0.05, 0.1) is 30.4 Å². The zero-order chi connectivity index (χ0) is 16.4. The Labute approximate surface area is 133 Å². The van der Waals surface area contributed by atoms with Crippen molar-refractivity contribution in [2.75, 3.05) is 19.5 Å². The maximum absolute atomic E-state index is 11.7. The number of nitro groups is 1. The third kappa shape index (κ3) is 2.48. The number of nitrogens with one attached hydrogen (secondary N) is 1. The molecule has 1 aliphatic heterocycles. The highest BCUT2D eigenvalue weighted by Crippen LogP contribution is 2.44. The topological polar surface area (TPSA) is 73.6 Å². The highest BCUT2D eigenvalue weighted by atomic mass is 16.6. The second-order valence-corrected chi connectivity index (χ2v) is 5.05. The zero-order valence-corrected chi connectivity index (χ0v) is 12.8. The normalized spacial score (nSPS) is 16.3. The molecule has 1 aliphatic rings. The smallest absolute Gasteiger partial charge is 0.315 e. The molecule has 0 saturated carbocycles. The Bertz CT molecular complexity index is 771. The van der Waals surface area contributed by atoms with E-state index in [0.717, 1.165) is 11.3 Å². The summed E-state index contributed by atoms with van der Waals surface area (Å²) < 4.78 is 10.7. The molecule has 0 amide bonds. The van der Waals surface area contributed by atoms with Crippen molar-refractivity contribution in [1.29, 1.82) is 0 Å². The predicted octanol–water partition coefficient (Wildman–Crippen LogP) is 3.45. The first-order valence-corrected chi connectivity index (χ1v) is 7.08. The zero-order valence-electron chi connectivity index (χ0n) is 12.8. The van der Waals surface area contributed by atoms with Crippen LogP contribution in [-0.4, -0.2) is 19.1 Å². The number of hydrogen-bond donors (Lipinski definition) is 1. The summed E-state index contributed by atoms with van der Waals surface area (Å²) in [6.07, 6.45) is 0. The Morgan fingerprint density at radius 3 is 2.39 bits per heavy atom. The highest BCUT2D eigenvalue weighted by Gasteiger charge is 2.39. The number of rotatable bonds is 4. The molecule has 2 aromatic rings. The fraction of sp³-hybridized carbons (Fsp3) is 0.176. The molecular weight excluding hydrogens is 296 g/mol. The van der Waals surface area contributed by atoms with Gasteiger partial charge in [0.25, 0.3) is 0 Å². The van der Waals surface area contributed by atoms with E-state index in [0.29, 0.717) is 11.3 Å². The fourth-order valence-corrected chi connectivity index (χ4v) is 2.82. The van der Waals surface area contributed by atoms with Crippen molar-refractivity contribution in [2.24, 2.45) is 0 Å². The maximum Gasteiger partial charge on any atom is 0.315 e. The Morgan fingerprint density at radius 1 is 1.04 bits per heavy atom. The van der Waals surface area contributed by atoms with Crippen LogP contribution in [0.2, 0.25) is 0 Å². The molecule has 6 heteroatoms.